The fourth-order valence-electron chi connectivity index (χ4n) is 2.65. The molecule has 0 N–H and O–H groups in total. The average molecular weight is 340 g/mol. The molecule has 128 valence electrons. The van der Waals surface area contributed by atoms with Crippen LogP contribution in [-0.4, -0.2) is 41.0 Å². The van der Waals surface area contributed by atoms with Crippen LogP contribution >= 0.6 is 0 Å². The van der Waals surface area contributed by atoms with Gasteiger partial charge in [0.1, 0.15) is 11.5 Å². The molecule has 24 heavy (non-hydrogen) atoms. The molecule has 4 nitrogen and oxygen atoms in total. The molecule has 1 aliphatic heterocycles. The van der Waals surface area contributed by atoms with Crippen molar-refractivity contribution in [3.63, 3.8) is 0 Å². The van der Waals surface area contributed by atoms with Gasteiger partial charge in [-0.2, -0.15) is 13.2 Å². The molecule has 1 saturated heterocycles. The second-order valence-corrected chi connectivity index (χ2v) is 5.59. The number of rotatable bonds is 3. The van der Waals surface area contributed by atoms with Gasteiger partial charge in [-0.1, -0.05) is 0 Å². The van der Waals surface area contributed by atoms with E-state index in [1.165, 1.54) is 18.3 Å². The number of alkyl halides is 3. The number of pyridine rings is 2. The van der Waals surface area contributed by atoms with Crippen LogP contribution in [0.5, 0.6) is 0 Å². The van der Waals surface area contributed by atoms with Crippen molar-refractivity contribution in [2.24, 2.45) is 0 Å². The minimum atomic E-state index is -4.43. The van der Waals surface area contributed by atoms with Gasteiger partial charge in [0, 0.05) is 38.9 Å². The highest BCUT2D eigenvalue weighted by molar-refractivity contribution is 5.45. The van der Waals surface area contributed by atoms with E-state index in [-0.39, 0.29) is 5.82 Å². The van der Waals surface area contributed by atoms with Crippen molar-refractivity contribution < 1.29 is 17.6 Å². The molecule has 0 bridgehead atoms. The summed E-state index contributed by atoms with van der Waals surface area (Å²) >= 11 is 0. The van der Waals surface area contributed by atoms with Gasteiger partial charge >= 0.3 is 6.18 Å². The molecule has 2 aromatic rings. The second-order valence-electron chi connectivity index (χ2n) is 5.59. The fraction of sp³-hybridized carbons (Fsp3) is 0.375. The Bertz CT molecular complexity index is 679. The molecule has 3 heterocycles. The Balaban J connectivity index is 1.58. The number of nitrogens with zero attached hydrogens (tertiary/aromatic N) is 4. The minimum Gasteiger partial charge on any atom is -0.368 e. The van der Waals surface area contributed by atoms with E-state index in [0.29, 0.717) is 44.1 Å². The summed E-state index contributed by atoms with van der Waals surface area (Å²) in [6.07, 6.45) is -1.62. The molecule has 0 saturated carbocycles. The summed E-state index contributed by atoms with van der Waals surface area (Å²) in [7, 11) is 0. The van der Waals surface area contributed by atoms with Gasteiger partial charge in [0.15, 0.2) is 0 Å². The highest BCUT2D eigenvalue weighted by Crippen LogP contribution is 2.28. The molecule has 0 atom stereocenters. The van der Waals surface area contributed by atoms with Gasteiger partial charge in [-0.25, -0.2) is 9.37 Å². The predicted octanol–water partition coefficient (Wildman–Crippen LogP) is 2.96. The molecular weight excluding hydrogens is 324 g/mol. The quantitative estimate of drug-likeness (QED) is 0.804. The third-order valence-electron chi connectivity index (χ3n) is 3.98. The van der Waals surface area contributed by atoms with Crippen molar-refractivity contribution in [1.29, 1.82) is 0 Å². The van der Waals surface area contributed by atoms with Crippen molar-refractivity contribution in [2.75, 3.05) is 31.1 Å². The lowest BCUT2D eigenvalue weighted by Crippen LogP contribution is -2.46. The predicted molar refractivity (Wildman–Crippen MR) is 80.9 cm³/mol. The topological polar surface area (TPSA) is 32.3 Å². The van der Waals surface area contributed by atoms with Gasteiger partial charge in [-0.05, 0) is 24.3 Å². The molecular formula is C16H16F4N4. The summed E-state index contributed by atoms with van der Waals surface area (Å²) in [5, 5.41) is 0. The summed E-state index contributed by atoms with van der Waals surface area (Å²) in [6.45, 7) is 3.06. The third kappa shape index (κ3) is 3.81. The lowest BCUT2D eigenvalue weighted by Gasteiger charge is -2.35. The van der Waals surface area contributed by atoms with Gasteiger partial charge in [-0.15, -0.1) is 0 Å². The van der Waals surface area contributed by atoms with Crippen LogP contribution < -0.4 is 4.90 Å². The number of hydrogen-bond acceptors (Lipinski definition) is 4. The van der Waals surface area contributed by atoms with E-state index in [2.05, 4.69) is 14.9 Å². The van der Waals surface area contributed by atoms with Crippen LogP contribution in [0, 0.1) is 5.82 Å². The molecule has 0 amide bonds. The number of hydrogen-bond donors (Lipinski definition) is 0. The van der Waals surface area contributed by atoms with Crippen molar-refractivity contribution in [2.45, 2.75) is 12.7 Å². The average Bonchev–Trinajstić information content (AvgIpc) is 2.57. The first kappa shape index (κ1) is 16.6. The lowest BCUT2D eigenvalue weighted by molar-refractivity contribution is -0.141. The molecule has 0 spiro atoms. The van der Waals surface area contributed by atoms with Gasteiger partial charge < -0.3 is 4.90 Å². The van der Waals surface area contributed by atoms with Gasteiger partial charge in [-0.3, -0.25) is 9.88 Å². The van der Waals surface area contributed by atoms with Crippen LogP contribution in [0.4, 0.5) is 23.2 Å². The van der Waals surface area contributed by atoms with E-state index >= 15 is 0 Å². The Morgan fingerprint density at radius 1 is 1.00 bits per heavy atom. The Hall–Kier alpha value is -2.22. The summed E-state index contributed by atoms with van der Waals surface area (Å²) in [5.41, 5.74) is 0.171. The minimum absolute atomic E-state index is 0.327. The highest BCUT2D eigenvalue weighted by Gasteiger charge is 2.32. The zero-order valence-electron chi connectivity index (χ0n) is 12.8. The van der Waals surface area contributed by atoms with Crippen LogP contribution in [0.1, 0.15) is 11.4 Å². The SMILES string of the molecule is Fc1cccnc1CN1CCN(c2ccc(C(F)(F)F)nc2)CC1. The van der Waals surface area contributed by atoms with E-state index in [4.69, 9.17) is 0 Å². The molecule has 0 unspecified atom stereocenters. The molecule has 8 heteroatoms. The maximum atomic E-state index is 13.6. The molecule has 1 fully saturated rings. The molecule has 2 aromatic heterocycles. The van der Waals surface area contributed by atoms with Crippen LogP contribution in [-0.2, 0) is 12.7 Å². The lowest BCUT2D eigenvalue weighted by atomic mass is 10.2. The van der Waals surface area contributed by atoms with Gasteiger partial charge in [0.05, 0.1) is 17.6 Å². The van der Waals surface area contributed by atoms with Crippen LogP contribution in [0.15, 0.2) is 36.7 Å². The third-order valence-corrected chi connectivity index (χ3v) is 3.98. The fourth-order valence-corrected chi connectivity index (χ4v) is 2.65. The number of halogens is 4. The highest BCUT2D eigenvalue weighted by atomic mass is 19.4. The normalized spacial score (nSPS) is 16.4. The first-order chi connectivity index (χ1) is 11.4. The first-order valence-electron chi connectivity index (χ1n) is 7.53. The molecule has 1 aliphatic rings. The molecule has 0 aliphatic carbocycles. The van der Waals surface area contributed by atoms with Gasteiger partial charge in [0.25, 0.3) is 0 Å². The Labute approximate surface area is 136 Å². The zero-order chi connectivity index (χ0) is 17.2. The second kappa shape index (κ2) is 6.72. The van der Waals surface area contributed by atoms with Crippen LogP contribution in [0.2, 0.25) is 0 Å². The Morgan fingerprint density at radius 2 is 1.75 bits per heavy atom. The first-order valence-corrected chi connectivity index (χ1v) is 7.53. The van der Waals surface area contributed by atoms with E-state index in [1.54, 1.807) is 12.3 Å². The molecule has 3 rings (SSSR count). The van der Waals surface area contributed by atoms with Crippen LogP contribution in [0.3, 0.4) is 0 Å². The number of aromatic nitrogens is 2. The van der Waals surface area contributed by atoms with Crippen molar-refractivity contribution in [3.8, 4) is 0 Å². The molecule has 0 radical (unpaired) electrons. The van der Waals surface area contributed by atoms with Crippen molar-refractivity contribution >= 4 is 5.69 Å². The summed E-state index contributed by atoms with van der Waals surface area (Å²) in [4.78, 5) is 11.6. The number of anilines is 1. The number of piperazine rings is 1. The van der Waals surface area contributed by atoms with E-state index < -0.39 is 11.9 Å². The van der Waals surface area contributed by atoms with E-state index in [0.717, 1.165) is 6.07 Å². The Morgan fingerprint density at radius 3 is 2.33 bits per heavy atom. The van der Waals surface area contributed by atoms with Gasteiger partial charge in [0.2, 0.25) is 0 Å². The smallest absolute Gasteiger partial charge is 0.368 e. The summed E-state index contributed by atoms with van der Waals surface area (Å²) in [5.74, 6) is -0.327. The largest absolute Gasteiger partial charge is 0.433 e. The van der Waals surface area contributed by atoms with Crippen molar-refractivity contribution in [3.05, 3.63) is 53.9 Å². The maximum Gasteiger partial charge on any atom is 0.433 e. The Kier molecular flexibility index (Phi) is 4.66. The standard InChI is InChI=1S/C16H16F4N4/c17-13-2-1-5-21-14(13)11-23-6-8-24(9-7-23)12-3-4-15(22-10-12)16(18,19)20/h1-5,10H,6-9,11H2. The van der Waals surface area contributed by atoms with E-state index in [9.17, 15) is 17.6 Å². The van der Waals surface area contributed by atoms with Crippen molar-refractivity contribution in [1.82, 2.24) is 14.9 Å². The molecule has 0 aromatic carbocycles. The maximum absolute atomic E-state index is 13.6. The zero-order valence-corrected chi connectivity index (χ0v) is 12.8. The summed E-state index contributed by atoms with van der Waals surface area (Å²) < 4.78 is 51.2. The van der Waals surface area contributed by atoms with E-state index in [1.807, 2.05) is 4.90 Å². The summed E-state index contributed by atoms with van der Waals surface area (Å²) in [6, 6.07) is 5.36. The van der Waals surface area contributed by atoms with Crippen LogP contribution in [0.25, 0.3) is 0 Å². The monoisotopic (exact) mass is 340 g/mol.